The van der Waals surface area contributed by atoms with Gasteiger partial charge in [0.2, 0.25) is 0 Å². The molecule has 80 valence electrons. The van der Waals surface area contributed by atoms with Gasteiger partial charge in [-0.15, -0.1) is 0 Å². The normalized spacial score (nSPS) is 11.4. The summed E-state index contributed by atoms with van der Waals surface area (Å²) in [4.78, 5) is 0. The van der Waals surface area contributed by atoms with E-state index in [4.69, 9.17) is 10.2 Å². The SMILES string of the molecule is CC(C)SCc1coc2cc(N)ccc12. The van der Waals surface area contributed by atoms with Gasteiger partial charge in [-0.25, -0.2) is 0 Å². The lowest BCUT2D eigenvalue weighted by Gasteiger charge is -2.02. The van der Waals surface area contributed by atoms with Gasteiger partial charge >= 0.3 is 0 Å². The van der Waals surface area contributed by atoms with Crippen LogP contribution in [0.15, 0.2) is 28.9 Å². The smallest absolute Gasteiger partial charge is 0.136 e. The molecule has 3 heteroatoms. The molecule has 2 aromatic rings. The van der Waals surface area contributed by atoms with E-state index in [1.165, 1.54) is 10.9 Å². The van der Waals surface area contributed by atoms with Crippen molar-refractivity contribution in [3.05, 3.63) is 30.0 Å². The Morgan fingerprint density at radius 1 is 1.40 bits per heavy atom. The summed E-state index contributed by atoms with van der Waals surface area (Å²) < 4.78 is 5.47. The molecule has 0 radical (unpaired) electrons. The minimum absolute atomic E-state index is 0.642. The van der Waals surface area contributed by atoms with Gasteiger partial charge in [-0.1, -0.05) is 13.8 Å². The summed E-state index contributed by atoms with van der Waals surface area (Å²) in [6.45, 7) is 4.40. The maximum Gasteiger partial charge on any atom is 0.136 e. The molecule has 0 aliphatic carbocycles. The monoisotopic (exact) mass is 221 g/mol. The van der Waals surface area contributed by atoms with Crippen LogP contribution in [-0.4, -0.2) is 5.25 Å². The van der Waals surface area contributed by atoms with E-state index in [1.807, 2.05) is 36.2 Å². The average molecular weight is 221 g/mol. The van der Waals surface area contributed by atoms with Crippen molar-refractivity contribution in [3.63, 3.8) is 0 Å². The second kappa shape index (κ2) is 4.19. The van der Waals surface area contributed by atoms with Gasteiger partial charge in [-0.3, -0.25) is 0 Å². The summed E-state index contributed by atoms with van der Waals surface area (Å²) in [5.74, 6) is 0.995. The van der Waals surface area contributed by atoms with Crippen molar-refractivity contribution in [1.29, 1.82) is 0 Å². The van der Waals surface area contributed by atoms with Gasteiger partial charge in [0.25, 0.3) is 0 Å². The molecule has 0 saturated carbocycles. The first-order chi connectivity index (χ1) is 7.16. The summed E-state index contributed by atoms with van der Waals surface area (Å²) in [7, 11) is 0. The van der Waals surface area contributed by atoms with Gasteiger partial charge in [-0.2, -0.15) is 11.8 Å². The molecule has 0 unspecified atom stereocenters. The summed E-state index contributed by atoms with van der Waals surface area (Å²) in [5.41, 5.74) is 8.58. The first-order valence-electron chi connectivity index (χ1n) is 5.04. The highest BCUT2D eigenvalue weighted by atomic mass is 32.2. The number of thioether (sulfide) groups is 1. The molecule has 0 saturated heterocycles. The predicted molar refractivity (Wildman–Crippen MR) is 67.1 cm³/mol. The number of nitrogens with two attached hydrogens (primary N) is 1. The number of benzene rings is 1. The molecular weight excluding hydrogens is 206 g/mol. The quantitative estimate of drug-likeness (QED) is 0.804. The van der Waals surface area contributed by atoms with Crippen molar-refractivity contribution < 1.29 is 4.42 Å². The van der Waals surface area contributed by atoms with Crippen LogP contribution in [0.4, 0.5) is 5.69 Å². The lowest BCUT2D eigenvalue weighted by molar-refractivity contribution is 0.613. The molecule has 2 nitrogen and oxygen atoms in total. The van der Waals surface area contributed by atoms with Crippen molar-refractivity contribution in [2.24, 2.45) is 0 Å². The lowest BCUT2D eigenvalue weighted by atomic mass is 10.2. The largest absolute Gasteiger partial charge is 0.464 e. The van der Waals surface area contributed by atoms with Gasteiger partial charge in [0.15, 0.2) is 0 Å². The van der Waals surface area contributed by atoms with Crippen LogP contribution in [0.1, 0.15) is 19.4 Å². The Morgan fingerprint density at radius 3 is 2.93 bits per heavy atom. The minimum Gasteiger partial charge on any atom is -0.464 e. The zero-order chi connectivity index (χ0) is 10.8. The molecule has 2 N–H and O–H groups in total. The van der Waals surface area contributed by atoms with Crippen LogP contribution < -0.4 is 5.73 Å². The zero-order valence-electron chi connectivity index (χ0n) is 8.99. The highest BCUT2D eigenvalue weighted by Gasteiger charge is 2.06. The van der Waals surface area contributed by atoms with Crippen LogP contribution in [0.5, 0.6) is 0 Å². The first kappa shape index (κ1) is 10.4. The van der Waals surface area contributed by atoms with E-state index in [1.54, 1.807) is 0 Å². The Balaban J connectivity index is 2.29. The van der Waals surface area contributed by atoms with Crippen molar-refractivity contribution in [1.82, 2.24) is 0 Å². The molecule has 0 fully saturated rings. The second-order valence-electron chi connectivity index (χ2n) is 3.88. The van der Waals surface area contributed by atoms with E-state index >= 15 is 0 Å². The molecular formula is C12H15NOS. The zero-order valence-corrected chi connectivity index (χ0v) is 9.80. The van der Waals surface area contributed by atoms with Gasteiger partial charge in [0, 0.05) is 28.5 Å². The number of nitrogen functional groups attached to an aromatic ring is 1. The van der Waals surface area contributed by atoms with E-state index in [9.17, 15) is 0 Å². The molecule has 0 bridgehead atoms. The Bertz CT molecular complexity index is 462. The van der Waals surface area contributed by atoms with Gasteiger partial charge in [-0.05, 0) is 17.4 Å². The van der Waals surface area contributed by atoms with E-state index in [0.717, 1.165) is 17.0 Å². The van der Waals surface area contributed by atoms with E-state index in [-0.39, 0.29) is 0 Å². The van der Waals surface area contributed by atoms with Crippen LogP contribution in [0.3, 0.4) is 0 Å². The van der Waals surface area contributed by atoms with Crippen LogP contribution in [0.25, 0.3) is 11.0 Å². The van der Waals surface area contributed by atoms with Crippen molar-refractivity contribution in [3.8, 4) is 0 Å². The van der Waals surface area contributed by atoms with Gasteiger partial charge in [0.1, 0.15) is 5.58 Å². The third-order valence-corrected chi connectivity index (χ3v) is 3.40. The van der Waals surface area contributed by atoms with Crippen LogP contribution in [0, 0.1) is 0 Å². The van der Waals surface area contributed by atoms with Crippen molar-refractivity contribution in [2.45, 2.75) is 24.9 Å². The highest BCUT2D eigenvalue weighted by Crippen LogP contribution is 2.27. The summed E-state index contributed by atoms with van der Waals surface area (Å²) in [6, 6.07) is 5.82. The molecule has 0 atom stereocenters. The fraction of sp³-hybridized carbons (Fsp3) is 0.333. The maximum absolute atomic E-state index is 5.69. The molecule has 0 aliphatic rings. The fourth-order valence-corrected chi connectivity index (χ4v) is 2.20. The number of anilines is 1. The highest BCUT2D eigenvalue weighted by molar-refractivity contribution is 7.99. The Labute approximate surface area is 93.8 Å². The molecule has 0 amide bonds. The predicted octanol–water partition coefficient (Wildman–Crippen LogP) is 3.66. The molecule has 0 aliphatic heterocycles. The summed E-state index contributed by atoms with van der Waals surface area (Å²) in [5, 5.41) is 1.82. The summed E-state index contributed by atoms with van der Waals surface area (Å²) >= 11 is 1.92. The molecule has 0 spiro atoms. The maximum atomic E-state index is 5.69. The standard InChI is InChI=1S/C12H15NOS/c1-8(2)15-7-9-6-14-12-5-10(13)3-4-11(9)12/h3-6,8H,7,13H2,1-2H3. The van der Waals surface area contributed by atoms with Gasteiger partial charge < -0.3 is 10.2 Å². The first-order valence-corrected chi connectivity index (χ1v) is 6.09. The Morgan fingerprint density at radius 2 is 2.20 bits per heavy atom. The number of fused-ring (bicyclic) bond motifs is 1. The van der Waals surface area contributed by atoms with Crippen molar-refractivity contribution >= 4 is 28.4 Å². The number of hydrogen-bond donors (Lipinski definition) is 1. The van der Waals surface area contributed by atoms with E-state index in [0.29, 0.717) is 5.25 Å². The topological polar surface area (TPSA) is 39.2 Å². The lowest BCUT2D eigenvalue weighted by Crippen LogP contribution is -1.88. The van der Waals surface area contributed by atoms with E-state index in [2.05, 4.69) is 13.8 Å². The van der Waals surface area contributed by atoms with Crippen LogP contribution in [-0.2, 0) is 5.75 Å². The molecule has 1 heterocycles. The Kier molecular flexibility index (Phi) is 2.91. The fourth-order valence-electron chi connectivity index (χ4n) is 1.47. The summed E-state index contributed by atoms with van der Waals surface area (Å²) in [6.07, 6.45) is 1.83. The molecule has 1 aromatic heterocycles. The number of rotatable bonds is 3. The molecule has 15 heavy (non-hydrogen) atoms. The van der Waals surface area contributed by atoms with E-state index < -0.39 is 0 Å². The average Bonchev–Trinajstić information content (AvgIpc) is 2.57. The minimum atomic E-state index is 0.642. The third kappa shape index (κ3) is 2.29. The van der Waals surface area contributed by atoms with Crippen molar-refractivity contribution in [2.75, 3.05) is 5.73 Å². The third-order valence-electron chi connectivity index (χ3n) is 2.25. The van der Waals surface area contributed by atoms with Gasteiger partial charge in [0.05, 0.1) is 6.26 Å². The second-order valence-corrected chi connectivity index (χ2v) is 5.44. The Hall–Kier alpha value is -1.09. The number of hydrogen-bond acceptors (Lipinski definition) is 3. The molecule has 2 rings (SSSR count). The molecule has 1 aromatic carbocycles. The number of furan rings is 1. The van der Waals surface area contributed by atoms with Crippen LogP contribution >= 0.6 is 11.8 Å². The van der Waals surface area contributed by atoms with Crippen LogP contribution in [0.2, 0.25) is 0 Å².